The highest BCUT2D eigenvalue weighted by Gasteiger charge is 2.33. The first-order chi connectivity index (χ1) is 8.31. The van der Waals surface area contributed by atoms with E-state index in [0.717, 1.165) is 6.54 Å². The van der Waals surface area contributed by atoms with E-state index < -0.39 is 6.04 Å². The third-order valence-corrected chi connectivity index (χ3v) is 5.42. The van der Waals surface area contributed by atoms with Gasteiger partial charge in [0.25, 0.3) is 0 Å². The van der Waals surface area contributed by atoms with Crippen LogP contribution >= 0.6 is 11.8 Å². The summed E-state index contributed by atoms with van der Waals surface area (Å²) in [7, 11) is 0. The molecule has 18 heavy (non-hydrogen) atoms. The number of hydrogen-bond acceptors (Lipinski definition) is 3. The monoisotopic (exact) mass is 272 g/mol. The molecule has 1 fully saturated rings. The average molecular weight is 272 g/mol. The summed E-state index contributed by atoms with van der Waals surface area (Å²) < 4.78 is 0.242. The predicted octanol–water partition coefficient (Wildman–Crippen LogP) is 2.54. The van der Waals surface area contributed by atoms with Gasteiger partial charge < -0.3 is 11.1 Å². The van der Waals surface area contributed by atoms with Crippen LogP contribution in [-0.2, 0) is 4.79 Å². The second-order valence-electron chi connectivity index (χ2n) is 6.51. The van der Waals surface area contributed by atoms with Crippen LogP contribution in [-0.4, -0.2) is 29.5 Å². The Bertz CT molecular complexity index is 280. The topological polar surface area (TPSA) is 55.1 Å². The Kier molecular flexibility index (Phi) is 5.53. The number of thioether (sulfide) groups is 1. The quantitative estimate of drug-likeness (QED) is 0.827. The van der Waals surface area contributed by atoms with Gasteiger partial charge in [0.05, 0.1) is 6.04 Å². The van der Waals surface area contributed by atoms with Crippen LogP contribution < -0.4 is 11.1 Å². The third kappa shape index (κ3) is 4.16. The fraction of sp³-hybridized carbons (Fsp3) is 0.929. The molecular weight excluding hydrogens is 244 g/mol. The van der Waals surface area contributed by atoms with Crippen molar-refractivity contribution >= 4 is 17.7 Å². The van der Waals surface area contributed by atoms with Crippen molar-refractivity contribution in [2.24, 2.45) is 11.1 Å². The maximum atomic E-state index is 12.0. The van der Waals surface area contributed by atoms with E-state index in [1.54, 1.807) is 0 Å². The highest BCUT2D eigenvalue weighted by Crippen LogP contribution is 2.38. The lowest BCUT2D eigenvalue weighted by Crippen LogP contribution is -2.52. The van der Waals surface area contributed by atoms with Gasteiger partial charge in [0.1, 0.15) is 0 Å². The summed E-state index contributed by atoms with van der Waals surface area (Å²) >= 11 is 1.90. The number of nitrogens with one attached hydrogen (secondary N) is 1. The number of amides is 1. The Balaban J connectivity index is 2.50. The van der Waals surface area contributed by atoms with Crippen LogP contribution in [0.5, 0.6) is 0 Å². The van der Waals surface area contributed by atoms with Crippen LogP contribution in [0.15, 0.2) is 0 Å². The first-order valence-corrected chi connectivity index (χ1v) is 8.12. The van der Waals surface area contributed by atoms with Crippen molar-refractivity contribution in [3.63, 3.8) is 0 Å². The minimum atomic E-state index is -0.431. The van der Waals surface area contributed by atoms with Crippen molar-refractivity contribution < 1.29 is 4.79 Å². The molecule has 1 amide bonds. The number of nitrogens with two attached hydrogens (primary N) is 1. The molecule has 0 bridgehead atoms. The molecule has 106 valence electrons. The van der Waals surface area contributed by atoms with Gasteiger partial charge in [-0.3, -0.25) is 4.79 Å². The Morgan fingerprint density at radius 2 is 1.89 bits per heavy atom. The van der Waals surface area contributed by atoms with Crippen molar-refractivity contribution in [2.75, 3.05) is 12.8 Å². The van der Waals surface area contributed by atoms with E-state index in [1.165, 1.54) is 32.1 Å². The molecule has 0 aliphatic heterocycles. The van der Waals surface area contributed by atoms with Crippen molar-refractivity contribution in [1.82, 2.24) is 5.32 Å². The highest BCUT2D eigenvalue weighted by molar-refractivity contribution is 8.00. The van der Waals surface area contributed by atoms with E-state index in [9.17, 15) is 4.79 Å². The van der Waals surface area contributed by atoms with Crippen LogP contribution in [0.1, 0.15) is 52.9 Å². The summed E-state index contributed by atoms with van der Waals surface area (Å²) in [5, 5.41) is 3.07. The molecular formula is C14H28N2OS. The van der Waals surface area contributed by atoms with Gasteiger partial charge in [-0.2, -0.15) is 11.8 Å². The van der Waals surface area contributed by atoms with Gasteiger partial charge in [-0.15, -0.1) is 0 Å². The SMILES string of the molecule is CSC1(CNC(=O)[C@@H](N)C(C)(C)C)CCCCC1. The summed E-state index contributed by atoms with van der Waals surface area (Å²) in [4.78, 5) is 12.0. The van der Waals surface area contributed by atoms with Crippen LogP contribution in [0.3, 0.4) is 0 Å². The first kappa shape index (κ1) is 15.8. The van der Waals surface area contributed by atoms with Gasteiger partial charge >= 0.3 is 0 Å². The molecule has 0 unspecified atom stereocenters. The lowest BCUT2D eigenvalue weighted by atomic mass is 9.86. The molecule has 0 saturated heterocycles. The molecule has 1 atom stereocenters. The van der Waals surface area contributed by atoms with Crippen molar-refractivity contribution in [3.8, 4) is 0 Å². The largest absolute Gasteiger partial charge is 0.353 e. The zero-order chi connectivity index (χ0) is 13.8. The predicted molar refractivity (Wildman–Crippen MR) is 79.8 cm³/mol. The van der Waals surface area contributed by atoms with E-state index >= 15 is 0 Å². The van der Waals surface area contributed by atoms with E-state index in [4.69, 9.17) is 5.73 Å². The molecule has 0 aromatic carbocycles. The number of rotatable bonds is 4. The molecule has 4 heteroatoms. The second kappa shape index (κ2) is 6.29. The molecule has 0 aromatic heterocycles. The molecule has 1 aliphatic rings. The minimum absolute atomic E-state index is 0.0125. The van der Waals surface area contributed by atoms with E-state index in [-0.39, 0.29) is 16.1 Å². The normalized spacial score (nSPS) is 21.4. The Hall–Kier alpha value is -0.220. The van der Waals surface area contributed by atoms with Gasteiger partial charge in [-0.1, -0.05) is 40.0 Å². The number of carbonyl (C=O) groups is 1. The summed E-state index contributed by atoms with van der Waals surface area (Å²) in [5.74, 6) is -0.0125. The van der Waals surface area contributed by atoms with Crippen LogP contribution in [0, 0.1) is 5.41 Å². The molecule has 3 nitrogen and oxygen atoms in total. The van der Waals surface area contributed by atoms with Crippen molar-refractivity contribution in [2.45, 2.75) is 63.7 Å². The molecule has 1 aliphatic carbocycles. The van der Waals surface area contributed by atoms with Gasteiger partial charge in [0.2, 0.25) is 5.91 Å². The standard InChI is InChI=1S/C14H28N2OS/c1-13(2,3)11(15)12(17)16-10-14(18-4)8-6-5-7-9-14/h11H,5-10,15H2,1-4H3,(H,16,17)/t11-/m1/s1. The lowest BCUT2D eigenvalue weighted by molar-refractivity contribution is -0.124. The van der Waals surface area contributed by atoms with Gasteiger partial charge in [0.15, 0.2) is 0 Å². The zero-order valence-electron chi connectivity index (χ0n) is 12.2. The zero-order valence-corrected chi connectivity index (χ0v) is 13.0. The molecule has 3 N–H and O–H groups in total. The minimum Gasteiger partial charge on any atom is -0.353 e. The molecule has 1 saturated carbocycles. The average Bonchev–Trinajstić information content (AvgIpc) is 2.35. The van der Waals surface area contributed by atoms with Crippen molar-refractivity contribution in [1.29, 1.82) is 0 Å². The maximum absolute atomic E-state index is 12.0. The number of hydrogen-bond donors (Lipinski definition) is 2. The van der Waals surface area contributed by atoms with E-state index in [0.29, 0.717) is 0 Å². The van der Waals surface area contributed by atoms with E-state index in [2.05, 4.69) is 11.6 Å². The van der Waals surface area contributed by atoms with Crippen LogP contribution in [0.4, 0.5) is 0 Å². The Morgan fingerprint density at radius 3 is 2.33 bits per heavy atom. The van der Waals surface area contributed by atoms with Gasteiger partial charge in [0, 0.05) is 11.3 Å². The first-order valence-electron chi connectivity index (χ1n) is 6.89. The summed E-state index contributed by atoms with van der Waals surface area (Å²) in [6, 6.07) is -0.431. The fourth-order valence-corrected chi connectivity index (χ4v) is 3.31. The molecule has 1 rings (SSSR count). The summed E-state index contributed by atoms with van der Waals surface area (Å²) in [5.41, 5.74) is 5.80. The van der Waals surface area contributed by atoms with Gasteiger partial charge in [-0.05, 0) is 24.5 Å². The maximum Gasteiger partial charge on any atom is 0.237 e. The summed E-state index contributed by atoms with van der Waals surface area (Å²) in [6.45, 7) is 6.77. The van der Waals surface area contributed by atoms with E-state index in [1.807, 2.05) is 32.5 Å². The third-order valence-electron chi connectivity index (χ3n) is 4.00. The summed E-state index contributed by atoms with van der Waals surface area (Å²) in [6.07, 6.45) is 8.46. The fourth-order valence-electron chi connectivity index (χ4n) is 2.40. The van der Waals surface area contributed by atoms with Crippen LogP contribution in [0.2, 0.25) is 0 Å². The Morgan fingerprint density at radius 1 is 1.33 bits per heavy atom. The molecule has 0 radical (unpaired) electrons. The highest BCUT2D eigenvalue weighted by atomic mass is 32.2. The van der Waals surface area contributed by atoms with Gasteiger partial charge in [-0.25, -0.2) is 0 Å². The number of carbonyl (C=O) groups excluding carboxylic acids is 1. The molecule has 0 heterocycles. The lowest BCUT2D eigenvalue weighted by Gasteiger charge is -2.36. The molecule has 0 aromatic rings. The van der Waals surface area contributed by atoms with Crippen LogP contribution in [0.25, 0.3) is 0 Å². The molecule has 0 spiro atoms. The Labute approximate surface area is 116 Å². The van der Waals surface area contributed by atoms with Crippen molar-refractivity contribution in [3.05, 3.63) is 0 Å². The second-order valence-corrected chi connectivity index (χ2v) is 7.78. The smallest absolute Gasteiger partial charge is 0.237 e.